The molecule has 1 aromatic carbocycles. The Morgan fingerprint density at radius 2 is 2.12 bits per heavy atom. The lowest BCUT2D eigenvalue weighted by Gasteiger charge is -2.27. The van der Waals surface area contributed by atoms with Gasteiger partial charge in [-0.05, 0) is 70.2 Å². The summed E-state index contributed by atoms with van der Waals surface area (Å²) in [4.78, 5) is 2.17. The van der Waals surface area contributed by atoms with Crippen molar-refractivity contribution in [3.05, 3.63) is 35.0 Å². The summed E-state index contributed by atoms with van der Waals surface area (Å²) in [6.45, 7) is 4.34. The predicted octanol–water partition coefficient (Wildman–Crippen LogP) is 3.26. The van der Waals surface area contributed by atoms with Crippen LogP contribution >= 0.6 is 0 Å². The minimum atomic E-state index is -0.378. The summed E-state index contributed by atoms with van der Waals surface area (Å²) in [5, 5.41) is 12.1. The van der Waals surface area contributed by atoms with E-state index in [0.717, 1.165) is 25.9 Å². The zero-order chi connectivity index (χ0) is 17.4. The van der Waals surface area contributed by atoms with Gasteiger partial charge in [0.25, 0.3) is 0 Å². The van der Waals surface area contributed by atoms with Crippen molar-refractivity contribution < 1.29 is 9.84 Å². The molecule has 25 heavy (non-hydrogen) atoms. The number of hydrogen-bond acceptors (Lipinski definition) is 3. The minimum Gasteiger partial charge on any atom is -0.390 e. The average Bonchev–Trinajstić information content (AvgIpc) is 3.23. The Hall–Kier alpha value is -1.36. The third-order valence-corrected chi connectivity index (χ3v) is 5.82. The molecule has 2 atom stereocenters. The Balaban J connectivity index is 1.58. The number of likely N-dealkylation sites (N-methyl/N-ethyl adjacent to an activating group) is 1. The van der Waals surface area contributed by atoms with E-state index in [2.05, 4.69) is 41.6 Å². The quantitative estimate of drug-likeness (QED) is 0.906. The van der Waals surface area contributed by atoms with Crippen molar-refractivity contribution >= 4 is 10.9 Å². The van der Waals surface area contributed by atoms with Crippen LogP contribution in [0.2, 0.25) is 0 Å². The Labute approximate surface area is 150 Å². The van der Waals surface area contributed by atoms with Gasteiger partial charge in [-0.1, -0.05) is 11.6 Å². The molecule has 4 rings (SSSR count). The highest BCUT2D eigenvalue weighted by molar-refractivity contribution is 5.86. The van der Waals surface area contributed by atoms with Gasteiger partial charge in [-0.15, -0.1) is 0 Å². The number of aromatic nitrogens is 1. The van der Waals surface area contributed by atoms with Gasteiger partial charge < -0.3 is 14.4 Å². The van der Waals surface area contributed by atoms with Gasteiger partial charge in [-0.3, -0.25) is 4.90 Å². The van der Waals surface area contributed by atoms with Crippen molar-refractivity contribution in [3.63, 3.8) is 0 Å². The highest BCUT2D eigenvalue weighted by atomic mass is 16.5. The first kappa shape index (κ1) is 17.1. The molecular weight excluding hydrogens is 312 g/mol. The predicted molar refractivity (Wildman–Crippen MR) is 101 cm³/mol. The van der Waals surface area contributed by atoms with Crippen LogP contribution in [0.4, 0.5) is 0 Å². The number of aliphatic hydroxyl groups is 1. The summed E-state index contributed by atoms with van der Waals surface area (Å²) in [6.07, 6.45) is 6.85. The van der Waals surface area contributed by atoms with E-state index in [-0.39, 0.29) is 12.3 Å². The normalized spacial score (nSPS) is 21.8. The second kappa shape index (κ2) is 7.10. The summed E-state index contributed by atoms with van der Waals surface area (Å²) in [6, 6.07) is 6.75. The summed E-state index contributed by atoms with van der Waals surface area (Å²) in [5.41, 5.74) is 5.57. The van der Waals surface area contributed by atoms with E-state index in [0.29, 0.717) is 13.1 Å². The first-order chi connectivity index (χ1) is 12.1. The SMILES string of the molecule is Cc1ccc2c(c1)c1c(n2C[C@H](O)CN(C)[C@@H]2CCCO2)CCCC1. The minimum absolute atomic E-state index is 0.174. The van der Waals surface area contributed by atoms with Crippen LogP contribution in [0.5, 0.6) is 0 Å². The van der Waals surface area contributed by atoms with Crippen LogP contribution < -0.4 is 0 Å². The molecule has 0 unspecified atom stereocenters. The Morgan fingerprint density at radius 3 is 2.92 bits per heavy atom. The second-order valence-electron chi connectivity index (χ2n) is 7.82. The first-order valence-electron chi connectivity index (χ1n) is 9.74. The van der Waals surface area contributed by atoms with Crippen LogP contribution in [0, 0.1) is 6.92 Å². The van der Waals surface area contributed by atoms with Crippen LogP contribution in [-0.4, -0.2) is 47.1 Å². The lowest BCUT2D eigenvalue weighted by Crippen LogP contribution is -2.38. The molecule has 1 aliphatic heterocycles. The topological polar surface area (TPSA) is 37.6 Å². The van der Waals surface area contributed by atoms with Gasteiger partial charge in [0.15, 0.2) is 0 Å². The number of benzene rings is 1. The van der Waals surface area contributed by atoms with E-state index in [1.165, 1.54) is 47.0 Å². The van der Waals surface area contributed by atoms with E-state index < -0.39 is 0 Å². The number of nitrogens with zero attached hydrogens (tertiary/aromatic N) is 2. The summed E-state index contributed by atoms with van der Waals surface area (Å²) < 4.78 is 8.12. The summed E-state index contributed by atoms with van der Waals surface area (Å²) >= 11 is 0. The highest BCUT2D eigenvalue weighted by Gasteiger charge is 2.24. The molecule has 2 aliphatic rings. The molecule has 2 heterocycles. The molecule has 0 spiro atoms. The molecule has 1 fully saturated rings. The van der Waals surface area contributed by atoms with Crippen LogP contribution in [0.15, 0.2) is 18.2 Å². The zero-order valence-electron chi connectivity index (χ0n) is 15.5. The molecule has 1 saturated heterocycles. The molecule has 0 bridgehead atoms. The van der Waals surface area contributed by atoms with Gasteiger partial charge in [0, 0.05) is 29.7 Å². The van der Waals surface area contributed by atoms with Gasteiger partial charge in [0.1, 0.15) is 6.23 Å². The lowest BCUT2D eigenvalue weighted by molar-refractivity contribution is -0.0273. The molecule has 0 saturated carbocycles. The fourth-order valence-corrected chi connectivity index (χ4v) is 4.59. The number of aliphatic hydroxyl groups excluding tert-OH is 1. The van der Waals surface area contributed by atoms with E-state index in [9.17, 15) is 5.11 Å². The van der Waals surface area contributed by atoms with Crippen LogP contribution in [0.3, 0.4) is 0 Å². The molecule has 4 heteroatoms. The van der Waals surface area contributed by atoms with Crippen LogP contribution in [0.25, 0.3) is 10.9 Å². The molecule has 0 radical (unpaired) electrons. The van der Waals surface area contributed by atoms with Crippen LogP contribution in [0.1, 0.15) is 42.5 Å². The third-order valence-electron chi connectivity index (χ3n) is 5.82. The van der Waals surface area contributed by atoms with Crippen molar-refractivity contribution in [1.82, 2.24) is 9.47 Å². The molecule has 0 amide bonds. The molecule has 136 valence electrons. The monoisotopic (exact) mass is 342 g/mol. The van der Waals surface area contributed by atoms with Gasteiger partial charge in [-0.2, -0.15) is 0 Å². The molecular formula is C21H30N2O2. The summed E-state index contributed by atoms with van der Waals surface area (Å²) in [7, 11) is 2.06. The van der Waals surface area contributed by atoms with E-state index >= 15 is 0 Å². The van der Waals surface area contributed by atoms with Gasteiger partial charge in [0.2, 0.25) is 0 Å². The maximum atomic E-state index is 10.7. The molecule has 2 aromatic rings. The highest BCUT2D eigenvalue weighted by Crippen LogP contribution is 2.33. The fourth-order valence-electron chi connectivity index (χ4n) is 4.59. The van der Waals surface area contributed by atoms with E-state index in [1.54, 1.807) is 0 Å². The molecule has 1 aliphatic carbocycles. The zero-order valence-corrected chi connectivity index (χ0v) is 15.5. The van der Waals surface area contributed by atoms with Crippen molar-refractivity contribution in [2.75, 3.05) is 20.2 Å². The lowest BCUT2D eigenvalue weighted by atomic mass is 9.95. The molecule has 1 aromatic heterocycles. The van der Waals surface area contributed by atoms with Crippen LogP contribution in [-0.2, 0) is 24.1 Å². The smallest absolute Gasteiger partial charge is 0.110 e. The second-order valence-corrected chi connectivity index (χ2v) is 7.82. The number of ether oxygens (including phenoxy) is 1. The number of fused-ring (bicyclic) bond motifs is 3. The number of rotatable bonds is 5. The van der Waals surface area contributed by atoms with Gasteiger partial charge in [0.05, 0.1) is 12.6 Å². The fraction of sp³-hybridized carbons (Fsp3) is 0.619. The number of hydrogen-bond donors (Lipinski definition) is 1. The third kappa shape index (κ3) is 3.35. The van der Waals surface area contributed by atoms with E-state index in [1.807, 2.05) is 0 Å². The van der Waals surface area contributed by atoms with Crippen molar-refractivity contribution in [2.45, 2.75) is 64.3 Å². The number of aryl methyl sites for hydroxylation is 2. The maximum absolute atomic E-state index is 10.7. The Morgan fingerprint density at radius 1 is 1.28 bits per heavy atom. The van der Waals surface area contributed by atoms with Crippen molar-refractivity contribution in [2.24, 2.45) is 0 Å². The van der Waals surface area contributed by atoms with Crippen molar-refractivity contribution in [3.8, 4) is 0 Å². The standard InChI is InChI=1S/C21H30N2O2/c1-15-9-10-20-18(12-15)17-6-3-4-7-19(17)23(20)14-16(24)13-22(2)21-8-5-11-25-21/h9-10,12,16,21,24H,3-8,11,13-14H2,1-2H3/t16-,21+/m1/s1. The maximum Gasteiger partial charge on any atom is 0.110 e. The largest absolute Gasteiger partial charge is 0.390 e. The Bertz CT molecular complexity index is 746. The molecule has 1 N–H and O–H groups in total. The molecule has 4 nitrogen and oxygen atoms in total. The van der Waals surface area contributed by atoms with Gasteiger partial charge in [-0.25, -0.2) is 0 Å². The van der Waals surface area contributed by atoms with E-state index in [4.69, 9.17) is 4.74 Å². The summed E-state index contributed by atoms with van der Waals surface area (Å²) in [5.74, 6) is 0. The Kier molecular flexibility index (Phi) is 4.85. The first-order valence-corrected chi connectivity index (χ1v) is 9.74. The average molecular weight is 342 g/mol. The van der Waals surface area contributed by atoms with Gasteiger partial charge >= 0.3 is 0 Å². The van der Waals surface area contributed by atoms with Crippen molar-refractivity contribution in [1.29, 1.82) is 0 Å².